The Morgan fingerprint density at radius 1 is 1.17 bits per heavy atom. The maximum atomic E-state index is 15.1. The summed E-state index contributed by atoms with van der Waals surface area (Å²) in [6.07, 6.45) is 2.64. The third-order valence-electron chi connectivity index (χ3n) is 4.84. The van der Waals surface area contributed by atoms with Crippen molar-refractivity contribution in [2.24, 2.45) is 6.98 Å². The monoisotopic (exact) mass is 395 g/mol. The number of pyridine rings is 1. The Balaban J connectivity index is 1.54. The number of aryl methyl sites for hydroxylation is 1. The highest BCUT2D eigenvalue weighted by molar-refractivity contribution is 5.97. The highest BCUT2D eigenvalue weighted by Gasteiger charge is 2.29. The summed E-state index contributed by atoms with van der Waals surface area (Å²) in [5.41, 5.74) is 0.341. The quantitative estimate of drug-likeness (QED) is 0.525. The van der Waals surface area contributed by atoms with Crippen molar-refractivity contribution < 1.29 is 20.4 Å². The van der Waals surface area contributed by atoms with E-state index in [1.165, 1.54) is 24.5 Å². The molecule has 7 heteroatoms. The van der Waals surface area contributed by atoms with Crippen LogP contribution in [0.3, 0.4) is 0 Å². The number of nitrogens with zero attached hydrogens (tertiary/aromatic N) is 4. The second kappa shape index (κ2) is 6.48. The Bertz CT molecular complexity index is 1440. The lowest BCUT2D eigenvalue weighted by Crippen LogP contribution is -2.24. The van der Waals surface area contributed by atoms with E-state index in [2.05, 4.69) is 10.1 Å². The average Bonchev–Trinajstić information content (AvgIpc) is 3.30. The van der Waals surface area contributed by atoms with Crippen molar-refractivity contribution in [2.45, 2.75) is 13.0 Å². The maximum Gasteiger partial charge on any atom is 0.256 e. The van der Waals surface area contributed by atoms with Crippen molar-refractivity contribution in [3.63, 3.8) is 0 Å². The Hall–Kier alpha value is -3.61. The lowest BCUT2D eigenvalue weighted by molar-refractivity contribution is 0.0763. The minimum absolute atomic E-state index is 0.0443. The summed E-state index contributed by atoms with van der Waals surface area (Å²) in [6, 6.07) is 9.82. The van der Waals surface area contributed by atoms with E-state index < -0.39 is 43.1 Å². The van der Waals surface area contributed by atoms with Gasteiger partial charge in [0.2, 0.25) is 0 Å². The van der Waals surface area contributed by atoms with Gasteiger partial charge in [-0.05, 0) is 41.5 Å². The van der Waals surface area contributed by atoms with Crippen LogP contribution in [0.2, 0.25) is 0 Å². The van der Waals surface area contributed by atoms with E-state index in [-0.39, 0.29) is 16.8 Å². The number of rotatable bonds is 3. The molecular formula is C22H16F2N4O. The number of amides is 1. The number of aromatic nitrogens is 3. The zero-order valence-electron chi connectivity index (χ0n) is 19.9. The summed E-state index contributed by atoms with van der Waals surface area (Å²) >= 11 is 0. The van der Waals surface area contributed by atoms with E-state index in [1.54, 1.807) is 18.2 Å². The van der Waals surface area contributed by atoms with E-state index in [0.717, 1.165) is 21.7 Å². The molecule has 5 nitrogen and oxygen atoms in total. The molecule has 0 atom stereocenters. The van der Waals surface area contributed by atoms with Gasteiger partial charge in [-0.2, -0.15) is 5.10 Å². The molecule has 2 aromatic heterocycles. The van der Waals surface area contributed by atoms with Crippen molar-refractivity contribution in [1.29, 1.82) is 0 Å². The summed E-state index contributed by atoms with van der Waals surface area (Å²) in [6.45, 7) is -5.48. The first-order valence-electron chi connectivity index (χ1n) is 11.2. The molecule has 0 aliphatic carbocycles. The lowest BCUT2D eigenvalue weighted by Gasteiger charge is -2.17. The molecule has 0 bridgehead atoms. The van der Waals surface area contributed by atoms with E-state index in [9.17, 15) is 4.79 Å². The number of benzene rings is 2. The largest absolute Gasteiger partial charge is 0.328 e. The highest BCUT2D eigenvalue weighted by atomic mass is 19.1. The fraction of sp³-hybridized carbons (Fsp3) is 0.136. The van der Waals surface area contributed by atoms with Crippen LogP contribution in [-0.2, 0) is 20.0 Å². The van der Waals surface area contributed by atoms with E-state index in [0.29, 0.717) is 16.5 Å². The molecule has 0 spiro atoms. The number of carbonyl (C=O) groups is 1. The Labute approximate surface area is 172 Å². The third kappa shape index (κ3) is 2.86. The van der Waals surface area contributed by atoms with Crippen LogP contribution >= 0.6 is 0 Å². The van der Waals surface area contributed by atoms with Gasteiger partial charge in [-0.1, -0.05) is 12.1 Å². The van der Waals surface area contributed by atoms with Crippen LogP contribution in [0.1, 0.15) is 28.5 Å². The zero-order valence-corrected chi connectivity index (χ0v) is 14.9. The molecule has 0 saturated heterocycles. The first-order chi connectivity index (χ1) is 16.0. The van der Waals surface area contributed by atoms with Gasteiger partial charge in [-0.25, -0.2) is 8.78 Å². The van der Waals surface area contributed by atoms with Crippen LogP contribution in [0.25, 0.3) is 22.0 Å². The smallest absolute Gasteiger partial charge is 0.256 e. The van der Waals surface area contributed by atoms with Gasteiger partial charge in [-0.3, -0.25) is 14.5 Å². The molecule has 0 radical (unpaired) electrons. The van der Waals surface area contributed by atoms with Crippen LogP contribution in [-0.4, -0.2) is 25.6 Å². The summed E-state index contributed by atoms with van der Waals surface area (Å²) in [7, 11) is 0. The molecule has 4 aromatic rings. The van der Waals surface area contributed by atoms with E-state index in [4.69, 9.17) is 6.85 Å². The van der Waals surface area contributed by atoms with Crippen molar-refractivity contribution in [3.8, 4) is 11.1 Å². The molecule has 144 valence electrons. The van der Waals surface area contributed by atoms with Gasteiger partial charge in [0.1, 0.15) is 11.6 Å². The van der Waals surface area contributed by atoms with Gasteiger partial charge in [0.15, 0.2) is 0 Å². The molecule has 2 aromatic carbocycles. The first-order valence-corrected chi connectivity index (χ1v) is 8.73. The molecule has 0 N–H and O–H groups in total. The van der Waals surface area contributed by atoms with Gasteiger partial charge < -0.3 is 4.90 Å². The summed E-state index contributed by atoms with van der Waals surface area (Å²) < 4.78 is 70.2. The predicted octanol–water partition coefficient (Wildman–Crippen LogP) is 4.07. The fourth-order valence-electron chi connectivity index (χ4n) is 3.46. The molecule has 0 saturated carbocycles. The SMILES string of the molecule is [2H]C1([2H])c2ncccc2C(=O)N1Cc1c(F)cc(-c2cccc3nn(C([2H])([2H])[2H])cc23)cc1F. The molecule has 5 rings (SSSR count). The van der Waals surface area contributed by atoms with Crippen molar-refractivity contribution >= 4 is 16.8 Å². The van der Waals surface area contributed by atoms with Crippen molar-refractivity contribution in [2.75, 3.05) is 0 Å². The van der Waals surface area contributed by atoms with Gasteiger partial charge in [-0.15, -0.1) is 0 Å². The van der Waals surface area contributed by atoms with Crippen LogP contribution in [0.4, 0.5) is 8.78 Å². The fourth-order valence-corrected chi connectivity index (χ4v) is 3.46. The van der Waals surface area contributed by atoms with Crippen molar-refractivity contribution in [3.05, 3.63) is 83.3 Å². The summed E-state index contributed by atoms with van der Waals surface area (Å²) in [5.74, 6) is -2.65. The van der Waals surface area contributed by atoms with Crippen LogP contribution in [0, 0.1) is 11.6 Å². The maximum absolute atomic E-state index is 15.1. The number of fused-ring (bicyclic) bond motifs is 2. The molecule has 1 amide bonds. The molecular weight excluding hydrogens is 374 g/mol. The highest BCUT2D eigenvalue weighted by Crippen LogP contribution is 2.31. The molecule has 0 unspecified atom stereocenters. The molecule has 29 heavy (non-hydrogen) atoms. The number of halogens is 2. The first kappa shape index (κ1) is 12.8. The summed E-state index contributed by atoms with van der Waals surface area (Å²) in [4.78, 5) is 17.4. The molecule has 3 heterocycles. The molecule has 1 aliphatic rings. The molecule has 0 fully saturated rings. The Morgan fingerprint density at radius 2 is 1.97 bits per heavy atom. The second-order valence-electron chi connectivity index (χ2n) is 6.63. The zero-order chi connectivity index (χ0) is 24.4. The topological polar surface area (TPSA) is 51.0 Å². The minimum atomic E-state index is -2.51. The number of hydrogen-bond acceptors (Lipinski definition) is 3. The van der Waals surface area contributed by atoms with Crippen LogP contribution < -0.4 is 0 Å². The molecule has 1 aliphatic heterocycles. The Kier molecular flexibility index (Phi) is 2.85. The lowest BCUT2D eigenvalue weighted by atomic mass is 9.99. The summed E-state index contributed by atoms with van der Waals surface area (Å²) in [5, 5.41) is 4.42. The third-order valence-corrected chi connectivity index (χ3v) is 4.84. The van der Waals surface area contributed by atoms with E-state index >= 15 is 8.78 Å². The standard InChI is InChI=1S/C22H16F2N4O/c1-27-10-16-14(4-2-6-20(16)26-27)13-8-18(23)17(19(24)9-13)11-28-12-21-15(22(28)29)5-3-7-25-21/h2-10H,11-12H2,1H3/i1D3,12D2. The van der Waals surface area contributed by atoms with Gasteiger partial charge >= 0.3 is 0 Å². The van der Waals surface area contributed by atoms with Crippen molar-refractivity contribution in [1.82, 2.24) is 19.7 Å². The van der Waals surface area contributed by atoms with Crippen LogP contribution in [0.5, 0.6) is 0 Å². The number of carbonyl (C=O) groups excluding carboxylic acids is 1. The average molecular weight is 395 g/mol. The second-order valence-corrected chi connectivity index (χ2v) is 6.63. The van der Waals surface area contributed by atoms with Crippen LogP contribution in [0.15, 0.2) is 54.9 Å². The Morgan fingerprint density at radius 3 is 2.72 bits per heavy atom. The predicted molar refractivity (Wildman–Crippen MR) is 104 cm³/mol. The van der Waals surface area contributed by atoms with E-state index in [1.807, 2.05) is 0 Å². The van der Waals surface area contributed by atoms with Gasteiger partial charge in [0.25, 0.3) is 5.91 Å². The van der Waals surface area contributed by atoms with Gasteiger partial charge in [0.05, 0.1) is 32.6 Å². The minimum Gasteiger partial charge on any atom is -0.328 e. The normalized spacial score (nSPS) is 18.1. The van der Waals surface area contributed by atoms with Gasteiger partial charge in [0, 0.05) is 34.4 Å². The number of hydrogen-bond donors (Lipinski definition) is 0.